The van der Waals surface area contributed by atoms with Crippen LogP contribution < -0.4 is 10.6 Å². The van der Waals surface area contributed by atoms with Crippen LogP contribution in [0.5, 0.6) is 0 Å². The van der Waals surface area contributed by atoms with E-state index in [4.69, 9.17) is 4.74 Å². The molecule has 1 aromatic heterocycles. The summed E-state index contributed by atoms with van der Waals surface area (Å²) in [4.78, 5) is 11.2. The average molecular weight is 562 g/mol. The zero-order valence-corrected chi connectivity index (χ0v) is 21.4. The van der Waals surface area contributed by atoms with Gasteiger partial charge in [0.15, 0.2) is 5.96 Å². The lowest BCUT2D eigenvalue weighted by Crippen LogP contribution is -2.46. The average Bonchev–Trinajstić information content (AvgIpc) is 3.19. The molecule has 6 nitrogen and oxygen atoms in total. The van der Waals surface area contributed by atoms with Gasteiger partial charge in [0.1, 0.15) is 5.82 Å². The van der Waals surface area contributed by atoms with Crippen LogP contribution in [0.1, 0.15) is 35.1 Å². The molecule has 0 radical (unpaired) electrons. The minimum Gasteiger partial charge on any atom is -0.379 e. The number of hydrogen-bond acceptors (Lipinski definition) is 5. The molecular weight excluding hydrogens is 528 g/mol. The summed E-state index contributed by atoms with van der Waals surface area (Å²) in [7, 11) is 1.79. The number of guanidine groups is 1. The van der Waals surface area contributed by atoms with Gasteiger partial charge < -0.3 is 15.4 Å². The maximum absolute atomic E-state index is 13.4. The highest BCUT2D eigenvalue weighted by Gasteiger charge is 2.23. The Labute approximate surface area is 205 Å². The van der Waals surface area contributed by atoms with Crippen molar-refractivity contribution in [3.63, 3.8) is 0 Å². The Morgan fingerprint density at radius 1 is 1.23 bits per heavy atom. The van der Waals surface area contributed by atoms with Gasteiger partial charge in [0.05, 0.1) is 24.3 Å². The summed E-state index contributed by atoms with van der Waals surface area (Å²) in [5.41, 5.74) is 2.20. The maximum Gasteiger partial charge on any atom is 0.191 e. The van der Waals surface area contributed by atoms with Crippen LogP contribution in [-0.2, 0) is 11.2 Å². The molecule has 1 atom stereocenters. The molecule has 0 bridgehead atoms. The number of benzene rings is 1. The van der Waals surface area contributed by atoms with Crippen molar-refractivity contribution in [1.82, 2.24) is 20.5 Å². The Hall–Kier alpha value is -1.30. The maximum atomic E-state index is 13.4. The number of aryl methyl sites for hydroxylation is 2. The molecule has 2 aromatic rings. The first-order valence-corrected chi connectivity index (χ1v) is 11.5. The van der Waals surface area contributed by atoms with Crippen molar-refractivity contribution in [3.05, 3.63) is 51.7 Å². The van der Waals surface area contributed by atoms with E-state index in [1.54, 1.807) is 18.4 Å². The number of nitrogens with one attached hydrogen (secondary N) is 2. The van der Waals surface area contributed by atoms with Gasteiger partial charge in [-0.05, 0) is 43.9 Å². The summed E-state index contributed by atoms with van der Waals surface area (Å²) in [6.07, 6.45) is 3.18. The lowest BCUT2D eigenvalue weighted by molar-refractivity contribution is 0.0170. The summed E-state index contributed by atoms with van der Waals surface area (Å²) in [5.74, 6) is 0.582. The Kier molecular flexibility index (Phi) is 11.7. The topological polar surface area (TPSA) is 61.8 Å². The van der Waals surface area contributed by atoms with E-state index in [0.29, 0.717) is 6.54 Å². The predicted octanol–water partition coefficient (Wildman–Crippen LogP) is 3.77. The fourth-order valence-corrected chi connectivity index (χ4v) is 4.39. The summed E-state index contributed by atoms with van der Waals surface area (Å²) >= 11 is 1.74. The second-order valence-corrected chi connectivity index (χ2v) is 8.38. The van der Waals surface area contributed by atoms with E-state index in [9.17, 15) is 4.39 Å². The van der Waals surface area contributed by atoms with Crippen LogP contribution in [0, 0.1) is 12.7 Å². The molecule has 1 aliphatic heterocycles. The lowest BCUT2D eigenvalue weighted by Gasteiger charge is -2.35. The quantitative estimate of drug-likeness (QED) is 0.211. The Morgan fingerprint density at radius 2 is 1.97 bits per heavy atom. The number of nitrogens with zero attached hydrogens (tertiary/aromatic N) is 3. The van der Waals surface area contributed by atoms with Crippen molar-refractivity contribution in [2.24, 2.45) is 4.99 Å². The van der Waals surface area contributed by atoms with Crippen molar-refractivity contribution in [1.29, 1.82) is 0 Å². The van der Waals surface area contributed by atoms with Crippen molar-refractivity contribution in [3.8, 4) is 0 Å². The summed E-state index contributed by atoms with van der Waals surface area (Å²) in [6, 6.07) is 6.93. The normalized spacial score (nSPS) is 15.9. The summed E-state index contributed by atoms with van der Waals surface area (Å²) in [6.45, 7) is 6.78. The first-order valence-electron chi connectivity index (χ1n) is 10.6. The highest BCUT2D eigenvalue weighted by molar-refractivity contribution is 14.0. The van der Waals surface area contributed by atoms with E-state index in [1.807, 2.05) is 19.1 Å². The number of rotatable bonds is 9. The van der Waals surface area contributed by atoms with E-state index in [1.165, 1.54) is 17.1 Å². The molecule has 9 heteroatoms. The Morgan fingerprint density at radius 3 is 2.61 bits per heavy atom. The molecule has 3 rings (SSSR count). The van der Waals surface area contributed by atoms with E-state index < -0.39 is 0 Å². The van der Waals surface area contributed by atoms with E-state index in [2.05, 4.69) is 30.9 Å². The first kappa shape index (κ1) is 26.0. The van der Waals surface area contributed by atoms with Gasteiger partial charge in [0.25, 0.3) is 0 Å². The molecule has 0 aliphatic carbocycles. The molecule has 2 N–H and O–H groups in total. The number of aliphatic imine (C=N–C) groups is 1. The number of ether oxygens (including phenoxy) is 1. The smallest absolute Gasteiger partial charge is 0.191 e. The van der Waals surface area contributed by atoms with Gasteiger partial charge in [0, 0.05) is 44.3 Å². The summed E-state index contributed by atoms with van der Waals surface area (Å²) in [5, 5.41) is 10.2. The summed E-state index contributed by atoms with van der Waals surface area (Å²) < 4.78 is 18.9. The first-order chi connectivity index (χ1) is 14.7. The van der Waals surface area contributed by atoms with Crippen LogP contribution in [0.15, 0.2) is 34.6 Å². The number of halogens is 2. The molecule has 1 aliphatic rings. The van der Waals surface area contributed by atoms with Gasteiger partial charge in [-0.15, -0.1) is 35.3 Å². The molecule has 0 saturated carbocycles. The number of morpholine rings is 1. The molecule has 172 valence electrons. The van der Waals surface area contributed by atoms with Gasteiger partial charge in [0.2, 0.25) is 0 Å². The zero-order chi connectivity index (χ0) is 21.2. The molecule has 0 amide bonds. The van der Waals surface area contributed by atoms with E-state index >= 15 is 0 Å². The second-order valence-electron chi connectivity index (χ2n) is 7.44. The monoisotopic (exact) mass is 561 g/mol. The predicted molar refractivity (Wildman–Crippen MR) is 136 cm³/mol. The number of thiazole rings is 1. The van der Waals surface area contributed by atoms with Crippen LogP contribution in [-0.4, -0.2) is 62.3 Å². The molecule has 2 heterocycles. The SMILES string of the molecule is CN=C(NCCCCc1nc(C)cs1)NCC(c1ccc(F)cc1)N1CCOCC1.I. The number of unbranched alkanes of at least 4 members (excludes halogenated alkanes) is 1. The molecule has 31 heavy (non-hydrogen) atoms. The molecule has 0 spiro atoms. The van der Waals surface area contributed by atoms with Crippen LogP contribution in [0.25, 0.3) is 0 Å². The van der Waals surface area contributed by atoms with E-state index in [-0.39, 0.29) is 35.8 Å². The third-order valence-electron chi connectivity index (χ3n) is 5.20. The number of aromatic nitrogens is 1. The van der Waals surface area contributed by atoms with E-state index in [0.717, 1.165) is 69.3 Å². The third kappa shape index (κ3) is 8.63. The highest BCUT2D eigenvalue weighted by Crippen LogP contribution is 2.21. The van der Waals surface area contributed by atoms with Crippen LogP contribution in [0.4, 0.5) is 4.39 Å². The minimum absolute atomic E-state index is 0. The molecule has 1 aromatic carbocycles. The fraction of sp³-hybridized carbons (Fsp3) is 0.545. The zero-order valence-electron chi connectivity index (χ0n) is 18.3. The van der Waals surface area contributed by atoms with Gasteiger partial charge in [-0.1, -0.05) is 12.1 Å². The Bertz CT molecular complexity index is 795. The number of hydrogen-bond donors (Lipinski definition) is 2. The van der Waals surface area contributed by atoms with Crippen molar-refractivity contribution in [2.45, 2.75) is 32.2 Å². The van der Waals surface area contributed by atoms with Crippen LogP contribution in [0.2, 0.25) is 0 Å². The highest BCUT2D eigenvalue weighted by atomic mass is 127. The second kappa shape index (κ2) is 14.0. The minimum atomic E-state index is -0.210. The standard InChI is InChI=1S/C22H32FN5OS.HI/c1-17-16-30-21(27-17)5-3-4-10-25-22(24-2)26-15-20(28-11-13-29-14-12-28)18-6-8-19(23)9-7-18;/h6-9,16,20H,3-5,10-15H2,1-2H3,(H2,24,25,26);1H. The fourth-order valence-electron chi connectivity index (χ4n) is 3.57. The van der Waals surface area contributed by atoms with Gasteiger partial charge in [-0.2, -0.15) is 0 Å². The third-order valence-corrected chi connectivity index (χ3v) is 6.23. The molecule has 1 unspecified atom stereocenters. The molecule has 1 saturated heterocycles. The van der Waals surface area contributed by atoms with Crippen molar-refractivity contribution in [2.75, 3.05) is 46.4 Å². The van der Waals surface area contributed by atoms with Crippen molar-refractivity contribution >= 4 is 41.3 Å². The Balaban J connectivity index is 0.00000341. The molecule has 1 fully saturated rings. The van der Waals surface area contributed by atoms with Gasteiger partial charge in [-0.3, -0.25) is 9.89 Å². The van der Waals surface area contributed by atoms with Crippen LogP contribution >= 0.6 is 35.3 Å². The van der Waals surface area contributed by atoms with Gasteiger partial charge in [-0.25, -0.2) is 9.37 Å². The largest absolute Gasteiger partial charge is 0.379 e. The lowest BCUT2D eigenvalue weighted by atomic mass is 10.0. The van der Waals surface area contributed by atoms with Crippen LogP contribution in [0.3, 0.4) is 0 Å². The van der Waals surface area contributed by atoms with Crippen molar-refractivity contribution < 1.29 is 9.13 Å². The van der Waals surface area contributed by atoms with Gasteiger partial charge >= 0.3 is 0 Å². The molecular formula is C22H33FIN5OS.